The molecule has 4 atom stereocenters. The zero-order chi connectivity index (χ0) is 40.7. The van der Waals surface area contributed by atoms with Gasteiger partial charge in [-0.1, -0.05) is 60.7 Å². The summed E-state index contributed by atoms with van der Waals surface area (Å²) in [6, 6.07) is 32.1. The van der Waals surface area contributed by atoms with E-state index in [4.69, 9.17) is 0 Å². The largest absolute Gasteiger partial charge is 0.353 e. The number of thioether (sulfide) groups is 2. The number of carbonyl (C=O) groups is 4. The summed E-state index contributed by atoms with van der Waals surface area (Å²) in [4.78, 5) is 61.8. The second kappa shape index (κ2) is 16.7. The van der Waals surface area contributed by atoms with Crippen molar-refractivity contribution >= 4 is 69.0 Å². The van der Waals surface area contributed by atoms with Crippen molar-refractivity contribution in [2.24, 2.45) is 0 Å². The van der Waals surface area contributed by atoms with Crippen LogP contribution in [0.2, 0.25) is 0 Å². The van der Waals surface area contributed by atoms with Gasteiger partial charge in [-0.05, 0) is 98.9 Å². The average Bonchev–Trinajstić information content (AvgIpc) is 4.14. The molecule has 0 saturated carbocycles. The Morgan fingerprint density at radius 1 is 0.483 bits per heavy atom. The van der Waals surface area contributed by atoms with E-state index in [0.29, 0.717) is 58.2 Å². The number of para-hydroxylation sites is 2. The number of aromatic nitrogens is 2. The highest BCUT2D eigenvalue weighted by atomic mass is 32.2. The van der Waals surface area contributed by atoms with Gasteiger partial charge in [-0.3, -0.25) is 29.0 Å². The Labute approximate surface area is 357 Å². The molecule has 4 amide bonds. The number of benzene rings is 4. The molecule has 6 heterocycles. The van der Waals surface area contributed by atoms with Crippen molar-refractivity contribution in [2.45, 2.75) is 74.2 Å². The van der Waals surface area contributed by atoms with Crippen LogP contribution < -0.4 is 10.6 Å². The Balaban J connectivity index is 0.779. The van der Waals surface area contributed by atoms with Gasteiger partial charge in [0.15, 0.2) is 0 Å². The van der Waals surface area contributed by atoms with E-state index < -0.39 is 0 Å². The molecule has 0 spiro atoms. The Hall–Kier alpha value is -5.14. The van der Waals surface area contributed by atoms with Gasteiger partial charge in [0.2, 0.25) is 0 Å². The van der Waals surface area contributed by atoms with Crippen molar-refractivity contribution in [3.05, 3.63) is 130 Å². The van der Waals surface area contributed by atoms with Crippen LogP contribution in [0.1, 0.15) is 91.1 Å². The lowest BCUT2D eigenvalue weighted by molar-refractivity contribution is 0.0636. The van der Waals surface area contributed by atoms with Gasteiger partial charge < -0.3 is 20.6 Å². The number of imide groups is 2. The molecule has 4 aliphatic heterocycles. The Bertz CT molecular complexity index is 2390. The van der Waals surface area contributed by atoms with Crippen molar-refractivity contribution in [3.8, 4) is 11.4 Å². The molecular formula is C48H48N6O4S2. The molecule has 306 valence electrons. The molecule has 4 aliphatic rings. The lowest BCUT2D eigenvalue weighted by atomic mass is 9.97. The van der Waals surface area contributed by atoms with Crippen LogP contribution in [0.25, 0.3) is 33.2 Å². The van der Waals surface area contributed by atoms with Gasteiger partial charge in [0, 0.05) is 58.5 Å². The van der Waals surface area contributed by atoms with Crippen molar-refractivity contribution < 1.29 is 19.2 Å². The molecule has 0 unspecified atom stereocenters. The van der Waals surface area contributed by atoms with Gasteiger partial charge >= 0.3 is 0 Å². The zero-order valence-corrected chi connectivity index (χ0v) is 35.0. The van der Waals surface area contributed by atoms with Gasteiger partial charge in [-0.2, -0.15) is 0 Å². The highest BCUT2D eigenvalue weighted by Gasteiger charge is 2.36. The minimum absolute atomic E-state index is 0.175. The number of rotatable bonds is 15. The number of hydrogen-bond acceptors (Lipinski definition) is 8. The molecule has 0 bridgehead atoms. The predicted molar refractivity (Wildman–Crippen MR) is 241 cm³/mol. The summed E-state index contributed by atoms with van der Waals surface area (Å²) in [7, 11) is 0. The summed E-state index contributed by atoms with van der Waals surface area (Å²) in [5.74, 6) is 1.34. The highest BCUT2D eigenvalue weighted by molar-refractivity contribution is 8.00. The molecule has 0 aliphatic carbocycles. The second-order valence-corrected chi connectivity index (χ2v) is 18.9. The lowest BCUT2D eigenvalue weighted by Crippen LogP contribution is -2.33. The standard InChI is InChI=1S/C48H48N6O4S2/c55-45-33-15-1-2-16-34(33)46(56)53(45)23-11-9-21-41-49-29(27-59-41)25-37-31-13-5-7-19-39(31)51-43(37)44-38(32-14-6-8-20-40(32)52-44)26-30-28-60-42(50-30)22-10-12-24-54-47(57)35-17-3-4-18-36(35)48(54)58/h1-8,13-20,29-30,41-42,49-52H,9-12,21-28H2/t29-,30-,41-,42-/m1/s1. The van der Waals surface area contributed by atoms with Crippen molar-refractivity contribution in [2.75, 3.05) is 24.6 Å². The molecule has 2 fully saturated rings. The average molecular weight is 837 g/mol. The van der Waals surface area contributed by atoms with Crippen LogP contribution in [0.15, 0.2) is 97.1 Å². The topological polar surface area (TPSA) is 130 Å². The number of fused-ring (bicyclic) bond motifs is 4. The van der Waals surface area contributed by atoms with Crippen LogP contribution in [0.4, 0.5) is 0 Å². The van der Waals surface area contributed by atoms with Gasteiger partial charge in [0.05, 0.1) is 44.4 Å². The first-order valence-electron chi connectivity index (χ1n) is 21.3. The number of amides is 4. The minimum Gasteiger partial charge on any atom is -0.353 e. The van der Waals surface area contributed by atoms with Crippen LogP contribution in [0.3, 0.4) is 0 Å². The summed E-state index contributed by atoms with van der Waals surface area (Å²) in [5, 5.41) is 11.0. The van der Waals surface area contributed by atoms with Crippen molar-refractivity contribution in [3.63, 3.8) is 0 Å². The summed E-state index contributed by atoms with van der Waals surface area (Å²) in [6.45, 7) is 0.908. The first kappa shape index (κ1) is 39.0. The normalized spacial score (nSPS) is 21.3. The van der Waals surface area contributed by atoms with Crippen LogP contribution in [-0.2, 0) is 12.8 Å². The molecule has 10 rings (SSSR count). The molecule has 2 aromatic heterocycles. The van der Waals surface area contributed by atoms with Crippen LogP contribution in [0, 0.1) is 0 Å². The molecule has 2 saturated heterocycles. The van der Waals surface area contributed by atoms with E-state index in [9.17, 15) is 19.2 Å². The Morgan fingerprint density at radius 3 is 1.25 bits per heavy atom. The monoisotopic (exact) mass is 836 g/mol. The summed E-state index contributed by atoms with van der Waals surface area (Å²) in [6.07, 6.45) is 7.21. The van der Waals surface area contributed by atoms with Crippen LogP contribution in [-0.4, -0.2) is 90.8 Å². The predicted octanol–water partition coefficient (Wildman–Crippen LogP) is 8.40. The maximum absolute atomic E-state index is 12.8. The maximum Gasteiger partial charge on any atom is 0.261 e. The third kappa shape index (κ3) is 7.37. The second-order valence-electron chi connectivity index (χ2n) is 16.4. The van der Waals surface area contributed by atoms with Crippen LogP contribution >= 0.6 is 23.5 Å². The summed E-state index contributed by atoms with van der Waals surface area (Å²) in [5.41, 5.74) is 9.31. The fraction of sp³-hybridized carbons (Fsp3) is 0.333. The Morgan fingerprint density at radius 2 is 0.850 bits per heavy atom. The first-order valence-corrected chi connectivity index (χ1v) is 23.4. The first-order chi connectivity index (χ1) is 29.4. The molecule has 0 radical (unpaired) electrons. The van der Waals surface area contributed by atoms with E-state index in [1.807, 2.05) is 47.8 Å². The van der Waals surface area contributed by atoms with E-state index in [1.54, 1.807) is 24.3 Å². The SMILES string of the molecule is O=C1c2ccccc2C(=O)N1CCCC[C@@H]1N[C@H](Cc2c(-c3[nH]c4ccccc4c3C[C@@H]3CS[C@H](CCCCN4C(=O)c5ccccc5C4=O)N3)[nH]c3ccccc23)CS1. The third-order valence-corrected chi connectivity index (χ3v) is 15.3. The maximum atomic E-state index is 12.8. The quantitative estimate of drug-likeness (QED) is 0.0600. The minimum atomic E-state index is -0.175. The van der Waals surface area contributed by atoms with Gasteiger partial charge in [0.25, 0.3) is 23.6 Å². The van der Waals surface area contributed by atoms with E-state index in [-0.39, 0.29) is 23.6 Å². The van der Waals surface area contributed by atoms with Gasteiger partial charge in [0.1, 0.15) is 0 Å². The molecule has 60 heavy (non-hydrogen) atoms. The van der Waals surface area contributed by atoms with E-state index >= 15 is 0 Å². The number of H-pyrrole nitrogens is 2. The number of nitrogens with zero attached hydrogens (tertiary/aromatic N) is 2. The Kier molecular flexibility index (Phi) is 10.9. The smallest absolute Gasteiger partial charge is 0.261 e. The lowest BCUT2D eigenvalue weighted by Gasteiger charge is -2.17. The molecule has 12 heteroatoms. The van der Waals surface area contributed by atoms with E-state index in [2.05, 4.69) is 69.1 Å². The fourth-order valence-corrected chi connectivity index (χ4v) is 12.2. The highest BCUT2D eigenvalue weighted by Crippen LogP contribution is 2.39. The van der Waals surface area contributed by atoms with Crippen molar-refractivity contribution in [1.82, 2.24) is 30.4 Å². The zero-order valence-electron chi connectivity index (χ0n) is 33.4. The molecule has 4 aromatic carbocycles. The number of aromatic amines is 2. The number of unbranched alkanes of at least 4 members (excludes halogenated alkanes) is 2. The number of nitrogens with one attached hydrogen (secondary N) is 4. The molecule has 4 N–H and O–H groups in total. The fourth-order valence-electron chi connectivity index (χ4n) is 9.58. The molecule has 10 nitrogen and oxygen atoms in total. The van der Waals surface area contributed by atoms with Crippen molar-refractivity contribution in [1.29, 1.82) is 0 Å². The van der Waals surface area contributed by atoms with E-state index in [1.165, 1.54) is 31.7 Å². The number of carbonyl (C=O) groups excluding carboxylic acids is 4. The summed E-state index contributed by atoms with van der Waals surface area (Å²) >= 11 is 3.95. The molecule has 6 aromatic rings. The molecular weight excluding hydrogens is 789 g/mol. The van der Waals surface area contributed by atoms with Gasteiger partial charge in [-0.25, -0.2) is 0 Å². The van der Waals surface area contributed by atoms with Crippen LogP contribution in [0.5, 0.6) is 0 Å². The van der Waals surface area contributed by atoms with E-state index in [0.717, 1.165) is 85.3 Å². The third-order valence-electron chi connectivity index (χ3n) is 12.6. The number of hydrogen-bond donors (Lipinski definition) is 4. The summed E-state index contributed by atoms with van der Waals surface area (Å²) < 4.78 is 0. The van der Waals surface area contributed by atoms with Gasteiger partial charge in [-0.15, -0.1) is 23.5 Å².